The summed E-state index contributed by atoms with van der Waals surface area (Å²) < 4.78 is 4.89. The molecule has 3 nitrogen and oxygen atoms in total. The standard InChI is InChI=1S/C9H9NO2/c1-12-9-6-2-4-8(10-9)5-3-7-11/h2,4,6,11H,7H2,1H3. The third-order valence-electron chi connectivity index (χ3n) is 1.23. The lowest BCUT2D eigenvalue weighted by molar-refractivity contribution is 0.350. The Morgan fingerprint density at radius 1 is 1.58 bits per heavy atom. The van der Waals surface area contributed by atoms with Crippen LogP contribution in [0.3, 0.4) is 0 Å². The number of ether oxygens (including phenoxy) is 1. The van der Waals surface area contributed by atoms with Gasteiger partial charge in [-0.25, -0.2) is 4.98 Å². The van der Waals surface area contributed by atoms with E-state index in [1.807, 2.05) is 0 Å². The molecule has 0 saturated heterocycles. The van der Waals surface area contributed by atoms with Crippen LogP contribution in [0.4, 0.5) is 0 Å². The summed E-state index contributed by atoms with van der Waals surface area (Å²) in [5, 5.41) is 8.42. The first kappa shape index (κ1) is 8.57. The molecule has 0 saturated carbocycles. The predicted molar refractivity (Wildman–Crippen MR) is 44.8 cm³/mol. The minimum atomic E-state index is -0.154. The van der Waals surface area contributed by atoms with Crippen molar-refractivity contribution in [2.75, 3.05) is 13.7 Å². The smallest absolute Gasteiger partial charge is 0.214 e. The van der Waals surface area contributed by atoms with E-state index in [1.165, 1.54) is 0 Å². The number of pyridine rings is 1. The van der Waals surface area contributed by atoms with Crippen molar-refractivity contribution in [1.29, 1.82) is 0 Å². The minimum Gasteiger partial charge on any atom is -0.481 e. The van der Waals surface area contributed by atoms with Gasteiger partial charge in [-0.3, -0.25) is 0 Å². The van der Waals surface area contributed by atoms with E-state index in [0.29, 0.717) is 11.6 Å². The summed E-state index contributed by atoms with van der Waals surface area (Å²) >= 11 is 0. The van der Waals surface area contributed by atoms with Gasteiger partial charge in [-0.1, -0.05) is 12.0 Å². The van der Waals surface area contributed by atoms with E-state index in [4.69, 9.17) is 9.84 Å². The monoisotopic (exact) mass is 163 g/mol. The second-order valence-corrected chi connectivity index (χ2v) is 2.03. The normalized spacial score (nSPS) is 8.50. The number of rotatable bonds is 1. The molecule has 0 aliphatic rings. The van der Waals surface area contributed by atoms with Crippen LogP contribution in [0.1, 0.15) is 5.69 Å². The summed E-state index contributed by atoms with van der Waals surface area (Å²) in [6, 6.07) is 5.29. The fourth-order valence-electron chi connectivity index (χ4n) is 0.728. The Morgan fingerprint density at radius 3 is 3.08 bits per heavy atom. The van der Waals surface area contributed by atoms with Crippen molar-refractivity contribution in [3.63, 3.8) is 0 Å². The SMILES string of the molecule is COc1cccc(C#CCO)n1. The number of aliphatic hydroxyl groups is 1. The largest absolute Gasteiger partial charge is 0.481 e. The van der Waals surface area contributed by atoms with Gasteiger partial charge >= 0.3 is 0 Å². The molecule has 0 bridgehead atoms. The van der Waals surface area contributed by atoms with Crippen LogP contribution < -0.4 is 4.74 Å². The molecule has 1 rings (SSSR count). The first-order valence-electron chi connectivity index (χ1n) is 3.47. The van der Waals surface area contributed by atoms with Crippen LogP contribution in [0.15, 0.2) is 18.2 Å². The van der Waals surface area contributed by atoms with Crippen LogP contribution in [0.2, 0.25) is 0 Å². The highest BCUT2D eigenvalue weighted by molar-refractivity contribution is 5.30. The summed E-state index contributed by atoms with van der Waals surface area (Å²) in [6.45, 7) is -0.154. The topological polar surface area (TPSA) is 42.4 Å². The zero-order chi connectivity index (χ0) is 8.81. The molecule has 62 valence electrons. The molecule has 0 unspecified atom stereocenters. The van der Waals surface area contributed by atoms with E-state index in [9.17, 15) is 0 Å². The summed E-state index contributed by atoms with van der Waals surface area (Å²) in [7, 11) is 1.55. The average Bonchev–Trinajstić information content (AvgIpc) is 2.15. The molecule has 0 spiro atoms. The Kier molecular flexibility index (Phi) is 3.12. The van der Waals surface area contributed by atoms with Gasteiger partial charge in [0.1, 0.15) is 12.3 Å². The van der Waals surface area contributed by atoms with Crippen molar-refractivity contribution in [3.05, 3.63) is 23.9 Å². The van der Waals surface area contributed by atoms with Gasteiger partial charge in [-0.2, -0.15) is 0 Å². The van der Waals surface area contributed by atoms with Gasteiger partial charge < -0.3 is 9.84 Å². The highest BCUT2D eigenvalue weighted by Gasteiger charge is 1.91. The average molecular weight is 163 g/mol. The summed E-state index contributed by atoms with van der Waals surface area (Å²) in [4.78, 5) is 4.02. The number of nitrogens with zero attached hydrogens (tertiary/aromatic N) is 1. The fourth-order valence-corrected chi connectivity index (χ4v) is 0.728. The molecule has 3 heteroatoms. The van der Waals surface area contributed by atoms with Gasteiger partial charge in [-0.05, 0) is 12.0 Å². The maximum atomic E-state index is 8.42. The van der Waals surface area contributed by atoms with Gasteiger partial charge in [-0.15, -0.1) is 0 Å². The molecular weight excluding hydrogens is 154 g/mol. The van der Waals surface area contributed by atoms with Crippen LogP contribution >= 0.6 is 0 Å². The van der Waals surface area contributed by atoms with Crippen LogP contribution in [-0.2, 0) is 0 Å². The molecule has 0 radical (unpaired) electrons. The van der Waals surface area contributed by atoms with Crippen LogP contribution in [-0.4, -0.2) is 23.8 Å². The minimum absolute atomic E-state index is 0.154. The van der Waals surface area contributed by atoms with Crippen molar-refractivity contribution in [3.8, 4) is 17.7 Å². The van der Waals surface area contributed by atoms with Gasteiger partial charge in [0.05, 0.1) is 7.11 Å². The third-order valence-corrected chi connectivity index (χ3v) is 1.23. The molecular formula is C9H9NO2. The quantitative estimate of drug-likeness (QED) is 0.610. The van der Waals surface area contributed by atoms with E-state index in [0.717, 1.165) is 0 Å². The van der Waals surface area contributed by atoms with E-state index >= 15 is 0 Å². The molecule has 0 aromatic carbocycles. The molecule has 0 amide bonds. The Hall–Kier alpha value is -1.53. The molecule has 1 heterocycles. The van der Waals surface area contributed by atoms with Crippen molar-refractivity contribution in [1.82, 2.24) is 4.98 Å². The summed E-state index contributed by atoms with van der Waals surface area (Å²) in [5.41, 5.74) is 0.600. The molecule has 0 aliphatic heterocycles. The lowest BCUT2D eigenvalue weighted by Gasteiger charge is -1.96. The zero-order valence-corrected chi connectivity index (χ0v) is 6.74. The summed E-state index contributed by atoms with van der Waals surface area (Å²) in [6.07, 6.45) is 0. The molecule has 0 aliphatic carbocycles. The molecule has 1 aromatic heterocycles. The first-order valence-corrected chi connectivity index (χ1v) is 3.47. The Morgan fingerprint density at radius 2 is 2.42 bits per heavy atom. The lowest BCUT2D eigenvalue weighted by Crippen LogP contribution is -1.89. The number of methoxy groups -OCH3 is 1. The Bertz CT molecular complexity index is 312. The van der Waals surface area contributed by atoms with Crippen molar-refractivity contribution >= 4 is 0 Å². The number of aromatic nitrogens is 1. The number of hydrogen-bond donors (Lipinski definition) is 1. The highest BCUT2D eigenvalue weighted by Crippen LogP contribution is 2.04. The predicted octanol–water partition coefficient (Wildman–Crippen LogP) is 0.434. The Balaban J connectivity index is 2.86. The van der Waals surface area contributed by atoms with Crippen LogP contribution in [0, 0.1) is 11.8 Å². The first-order chi connectivity index (χ1) is 5.86. The van der Waals surface area contributed by atoms with Crippen molar-refractivity contribution in [2.24, 2.45) is 0 Å². The molecule has 0 fully saturated rings. The second kappa shape index (κ2) is 4.37. The van der Waals surface area contributed by atoms with Crippen molar-refractivity contribution < 1.29 is 9.84 Å². The number of hydrogen-bond acceptors (Lipinski definition) is 3. The summed E-state index contributed by atoms with van der Waals surface area (Å²) in [5.74, 6) is 5.71. The van der Waals surface area contributed by atoms with E-state index < -0.39 is 0 Å². The van der Waals surface area contributed by atoms with E-state index in [-0.39, 0.29) is 6.61 Å². The maximum Gasteiger partial charge on any atom is 0.214 e. The van der Waals surface area contributed by atoms with Gasteiger partial charge in [0.2, 0.25) is 5.88 Å². The molecule has 1 aromatic rings. The van der Waals surface area contributed by atoms with Gasteiger partial charge in [0, 0.05) is 6.07 Å². The maximum absolute atomic E-state index is 8.42. The van der Waals surface area contributed by atoms with Gasteiger partial charge in [0.15, 0.2) is 0 Å². The zero-order valence-electron chi connectivity index (χ0n) is 6.74. The fraction of sp³-hybridized carbons (Fsp3) is 0.222. The van der Waals surface area contributed by atoms with E-state index in [2.05, 4.69) is 16.8 Å². The highest BCUT2D eigenvalue weighted by atomic mass is 16.5. The molecule has 12 heavy (non-hydrogen) atoms. The molecule has 0 atom stereocenters. The Labute approximate surface area is 71.0 Å². The lowest BCUT2D eigenvalue weighted by atomic mass is 10.3. The van der Waals surface area contributed by atoms with Crippen molar-refractivity contribution in [2.45, 2.75) is 0 Å². The molecule has 1 N–H and O–H groups in total. The van der Waals surface area contributed by atoms with Crippen LogP contribution in [0.25, 0.3) is 0 Å². The number of aliphatic hydroxyl groups excluding tert-OH is 1. The van der Waals surface area contributed by atoms with E-state index in [1.54, 1.807) is 25.3 Å². The van der Waals surface area contributed by atoms with Gasteiger partial charge in [0.25, 0.3) is 0 Å². The second-order valence-electron chi connectivity index (χ2n) is 2.03. The van der Waals surface area contributed by atoms with Crippen LogP contribution in [0.5, 0.6) is 5.88 Å². The third kappa shape index (κ3) is 2.26.